The van der Waals surface area contributed by atoms with E-state index in [9.17, 15) is 9.18 Å². The first-order chi connectivity index (χ1) is 13.9. The zero-order chi connectivity index (χ0) is 20.5. The van der Waals surface area contributed by atoms with Crippen LogP contribution in [0, 0.1) is 5.82 Å². The lowest BCUT2D eigenvalue weighted by atomic mass is 10.2. The molecule has 0 amide bonds. The number of benzene rings is 2. The van der Waals surface area contributed by atoms with Gasteiger partial charge in [0.1, 0.15) is 5.82 Å². The van der Waals surface area contributed by atoms with Gasteiger partial charge in [-0.05, 0) is 43.3 Å². The Hall–Kier alpha value is -3.00. The molecule has 0 aliphatic rings. The Morgan fingerprint density at radius 3 is 2.45 bits per heavy atom. The fourth-order valence-electron chi connectivity index (χ4n) is 2.86. The Balaban J connectivity index is 1.82. The van der Waals surface area contributed by atoms with Gasteiger partial charge in [-0.3, -0.25) is 9.36 Å². The van der Waals surface area contributed by atoms with Gasteiger partial charge in [-0.1, -0.05) is 42.9 Å². The summed E-state index contributed by atoms with van der Waals surface area (Å²) in [5.41, 5.74) is 0.919. The van der Waals surface area contributed by atoms with E-state index >= 15 is 0 Å². The summed E-state index contributed by atoms with van der Waals surface area (Å²) >= 11 is 1.34. The summed E-state index contributed by atoms with van der Waals surface area (Å²) in [6.07, 6.45) is 0. The molecular weight excluding hydrogens is 391 g/mol. The topological polar surface area (TPSA) is 73.8 Å². The van der Waals surface area contributed by atoms with Crippen molar-refractivity contribution in [3.05, 3.63) is 76.4 Å². The van der Waals surface area contributed by atoms with Crippen LogP contribution in [0.15, 0.2) is 63.0 Å². The fraction of sp³-hybridized carbons (Fsp3) is 0.238. The lowest BCUT2D eigenvalue weighted by molar-refractivity contribution is 0.373. The molecule has 1 unspecified atom stereocenters. The average Bonchev–Trinajstić information content (AvgIpc) is 3.20. The van der Waals surface area contributed by atoms with Gasteiger partial charge in [0.2, 0.25) is 5.89 Å². The van der Waals surface area contributed by atoms with Gasteiger partial charge in [-0.15, -0.1) is 0 Å². The standard InChI is InChI=1S/C21H19FN4O2S/c1-12(2)18-24-19(28-25-18)13(3)29-21-23-17-7-5-4-6-16(17)20(27)26(21)15-10-8-14(22)9-11-15/h4-13H,1-3H3. The van der Waals surface area contributed by atoms with E-state index in [1.54, 1.807) is 30.3 Å². The summed E-state index contributed by atoms with van der Waals surface area (Å²) in [6, 6.07) is 12.9. The molecule has 0 saturated carbocycles. The van der Waals surface area contributed by atoms with E-state index in [1.807, 2.05) is 26.8 Å². The van der Waals surface area contributed by atoms with Gasteiger partial charge in [0.15, 0.2) is 11.0 Å². The number of aromatic nitrogens is 4. The number of nitrogens with zero attached hydrogens (tertiary/aromatic N) is 4. The number of hydrogen-bond acceptors (Lipinski definition) is 6. The van der Waals surface area contributed by atoms with Crippen molar-refractivity contribution < 1.29 is 8.91 Å². The van der Waals surface area contributed by atoms with Gasteiger partial charge >= 0.3 is 0 Å². The number of fused-ring (bicyclic) bond motifs is 1. The molecule has 1 atom stereocenters. The summed E-state index contributed by atoms with van der Waals surface area (Å²) in [5.74, 6) is 0.882. The summed E-state index contributed by atoms with van der Waals surface area (Å²) in [7, 11) is 0. The first kappa shape index (κ1) is 19.3. The maximum absolute atomic E-state index is 13.4. The zero-order valence-electron chi connectivity index (χ0n) is 16.2. The van der Waals surface area contributed by atoms with E-state index in [0.717, 1.165) is 0 Å². The van der Waals surface area contributed by atoms with Crippen LogP contribution >= 0.6 is 11.8 Å². The van der Waals surface area contributed by atoms with Crippen molar-refractivity contribution in [3.63, 3.8) is 0 Å². The van der Waals surface area contributed by atoms with Crippen molar-refractivity contribution in [1.82, 2.24) is 19.7 Å². The molecule has 0 fully saturated rings. The first-order valence-electron chi connectivity index (χ1n) is 9.22. The van der Waals surface area contributed by atoms with Gasteiger partial charge < -0.3 is 4.52 Å². The average molecular weight is 410 g/mol. The van der Waals surface area contributed by atoms with E-state index in [0.29, 0.717) is 33.5 Å². The molecule has 0 saturated heterocycles. The minimum Gasteiger partial charge on any atom is -0.338 e. The predicted octanol–water partition coefficient (Wildman–Crippen LogP) is 4.88. The van der Waals surface area contributed by atoms with Crippen LogP contribution in [0.2, 0.25) is 0 Å². The molecule has 148 valence electrons. The molecule has 29 heavy (non-hydrogen) atoms. The van der Waals surface area contributed by atoms with E-state index in [2.05, 4.69) is 15.1 Å². The van der Waals surface area contributed by atoms with Crippen molar-refractivity contribution in [3.8, 4) is 5.69 Å². The molecule has 0 bridgehead atoms. The predicted molar refractivity (Wildman–Crippen MR) is 110 cm³/mol. The van der Waals surface area contributed by atoms with Crippen molar-refractivity contribution in [2.75, 3.05) is 0 Å². The molecule has 0 spiro atoms. The van der Waals surface area contributed by atoms with E-state index in [4.69, 9.17) is 4.52 Å². The van der Waals surface area contributed by atoms with E-state index in [1.165, 1.54) is 28.5 Å². The van der Waals surface area contributed by atoms with Crippen LogP contribution in [0.25, 0.3) is 16.6 Å². The normalized spacial score (nSPS) is 12.6. The van der Waals surface area contributed by atoms with Gasteiger partial charge in [-0.25, -0.2) is 9.37 Å². The Labute approximate surface area is 170 Å². The second kappa shape index (κ2) is 7.79. The minimum atomic E-state index is -0.370. The number of thioether (sulfide) groups is 1. The monoisotopic (exact) mass is 410 g/mol. The largest absolute Gasteiger partial charge is 0.338 e. The fourth-order valence-corrected chi connectivity index (χ4v) is 3.82. The molecule has 4 aromatic rings. The molecule has 2 heterocycles. The molecular formula is C21H19FN4O2S. The molecule has 0 aliphatic carbocycles. The Morgan fingerprint density at radius 1 is 1.03 bits per heavy atom. The summed E-state index contributed by atoms with van der Waals surface area (Å²) in [4.78, 5) is 22.3. The first-order valence-corrected chi connectivity index (χ1v) is 10.1. The number of hydrogen-bond donors (Lipinski definition) is 0. The highest BCUT2D eigenvalue weighted by Crippen LogP contribution is 2.34. The summed E-state index contributed by atoms with van der Waals surface area (Å²) in [6.45, 7) is 5.89. The number of para-hydroxylation sites is 1. The minimum absolute atomic E-state index is 0.154. The highest BCUT2D eigenvalue weighted by Gasteiger charge is 2.21. The van der Waals surface area contributed by atoms with Crippen LogP contribution in [-0.2, 0) is 0 Å². The molecule has 8 heteroatoms. The Morgan fingerprint density at radius 2 is 1.76 bits per heavy atom. The molecule has 0 radical (unpaired) electrons. The molecule has 4 rings (SSSR count). The lowest BCUT2D eigenvalue weighted by Crippen LogP contribution is -2.22. The number of rotatable bonds is 5. The molecule has 0 aliphatic heterocycles. The number of halogens is 1. The Bertz CT molecular complexity index is 1220. The SMILES string of the molecule is CC(C)c1noc(C(C)Sc2nc3ccccc3c(=O)n2-c2ccc(F)cc2)n1. The third kappa shape index (κ3) is 3.80. The third-order valence-electron chi connectivity index (χ3n) is 4.43. The van der Waals surface area contributed by atoms with Crippen LogP contribution in [0.1, 0.15) is 43.7 Å². The van der Waals surface area contributed by atoms with Crippen LogP contribution in [0.3, 0.4) is 0 Å². The van der Waals surface area contributed by atoms with E-state index < -0.39 is 0 Å². The maximum atomic E-state index is 13.4. The second-order valence-corrected chi connectivity index (χ2v) is 8.24. The van der Waals surface area contributed by atoms with Crippen LogP contribution < -0.4 is 5.56 Å². The van der Waals surface area contributed by atoms with Crippen molar-refractivity contribution in [1.29, 1.82) is 0 Å². The van der Waals surface area contributed by atoms with Crippen LogP contribution in [-0.4, -0.2) is 19.7 Å². The smallest absolute Gasteiger partial charge is 0.266 e. The quantitative estimate of drug-likeness (QED) is 0.345. The molecule has 0 N–H and O–H groups in total. The van der Waals surface area contributed by atoms with Gasteiger partial charge in [0.25, 0.3) is 5.56 Å². The van der Waals surface area contributed by atoms with Crippen molar-refractivity contribution >= 4 is 22.7 Å². The summed E-state index contributed by atoms with van der Waals surface area (Å²) in [5, 5.41) is 4.74. The molecule has 6 nitrogen and oxygen atoms in total. The molecule has 2 aromatic carbocycles. The van der Waals surface area contributed by atoms with Crippen LogP contribution in [0.4, 0.5) is 4.39 Å². The second-order valence-electron chi connectivity index (χ2n) is 6.93. The highest BCUT2D eigenvalue weighted by atomic mass is 32.2. The van der Waals surface area contributed by atoms with Gasteiger partial charge in [0.05, 0.1) is 21.8 Å². The van der Waals surface area contributed by atoms with Gasteiger partial charge in [0, 0.05) is 5.92 Å². The van der Waals surface area contributed by atoms with Crippen molar-refractivity contribution in [2.45, 2.75) is 37.1 Å². The molecule has 2 aromatic heterocycles. The van der Waals surface area contributed by atoms with Crippen LogP contribution in [0.5, 0.6) is 0 Å². The lowest BCUT2D eigenvalue weighted by Gasteiger charge is -2.15. The highest BCUT2D eigenvalue weighted by molar-refractivity contribution is 7.99. The zero-order valence-corrected chi connectivity index (χ0v) is 17.0. The summed E-state index contributed by atoms with van der Waals surface area (Å²) < 4.78 is 20.3. The van der Waals surface area contributed by atoms with Gasteiger partial charge in [-0.2, -0.15) is 4.98 Å². The van der Waals surface area contributed by atoms with Crippen molar-refractivity contribution in [2.24, 2.45) is 0 Å². The maximum Gasteiger partial charge on any atom is 0.266 e. The van der Waals surface area contributed by atoms with E-state index in [-0.39, 0.29) is 22.5 Å². The Kier molecular flexibility index (Phi) is 5.19. The third-order valence-corrected chi connectivity index (χ3v) is 5.47.